The van der Waals surface area contributed by atoms with Crippen molar-refractivity contribution in [2.45, 2.75) is 5.92 Å². The minimum atomic E-state index is -0.444. The van der Waals surface area contributed by atoms with Gasteiger partial charge in [-0.05, 0) is 29.6 Å². The van der Waals surface area contributed by atoms with Crippen molar-refractivity contribution < 1.29 is 14.2 Å². The standard InChI is InChI=1S/C16H11FN2O2/c17-10-3-1-9(2-4-10)15-12-6-5-11(20)7-14(12)21-16(19)13(15)8-18/h1-7,15,18-20H. The van der Waals surface area contributed by atoms with Crippen molar-refractivity contribution in [1.29, 1.82) is 10.8 Å². The number of rotatable bonds is 1. The zero-order valence-electron chi connectivity index (χ0n) is 10.9. The van der Waals surface area contributed by atoms with Crippen LogP contribution in [0.2, 0.25) is 0 Å². The monoisotopic (exact) mass is 282 g/mol. The molecular weight excluding hydrogens is 271 g/mol. The number of nitrogens with one attached hydrogen (secondary N) is 2. The van der Waals surface area contributed by atoms with E-state index in [0.29, 0.717) is 11.3 Å². The number of phenols is 1. The summed E-state index contributed by atoms with van der Waals surface area (Å²) in [5.41, 5.74) is 1.69. The first-order chi connectivity index (χ1) is 10.1. The average molecular weight is 282 g/mol. The Morgan fingerprint density at radius 1 is 1.14 bits per heavy atom. The second-order valence-electron chi connectivity index (χ2n) is 4.68. The molecule has 2 aromatic carbocycles. The highest BCUT2D eigenvalue weighted by Crippen LogP contribution is 2.42. The minimum Gasteiger partial charge on any atom is -0.508 e. The lowest BCUT2D eigenvalue weighted by Gasteiger charge is -2.27. The molecule has 2 aromatic rings. The van der Waals surface area contributed by atoms with Crippen LogP contribution in [0.3, 0.4) is 0 Å². The molecule has 0 aliphatic carbocycles. The largest absolute Gasteiger partial charge is 0.508 e. The zero-order valence-corrected chi connectivity index (χ0v) is 10.9. The van der Waals surface area contributed by atoms with E-state index in [9.17, 15) is 9.50 Å². The predicted octanol–water partition coefficient (Wildman–Crippen LogP) is 3.21. The number of fused-ring (bicyclic) bond motifs is 1. The van der Waals surface area contributed by atoms with Gasteiger partial charge in [-0.3, -0.25) is 10.8 Å². The molecular formula is C16H11FN2O2. The van der Waals surface area contributed by atoms with Crippen LogP contribution in [0.5, 0.6) is 11.5 Å². The van der Waals surface area contributed by atoms with E-state index in [4.69, 9.17) is 15.6 Å². The van der Waals surface area contributed by atoms with Gasteiger partial charge in [0.2, 0.25) is 5.90 Å². The van der Waals surface area contributed by atoms with Gasteiger partial charge < -0.3 is 9.84 Å². The predicted molar refractivity (Wildman–Crippen MR) is 75.9 cm³/mol. The van der Waals surface area contributed by atoms with Crippen molar-refractivity contribution >= 4 is 11.8 Å². The van der Waals surface area contributed by atoms with Gasteiger partial charge in [0.05, 0.1) is 11.5 Å². The van der Waals surface area contributed by atoms with Gasteiger partial charge in [0, 0.05) is 11.6 Å². The molecule has 1 unspecified atom stereocenters. The molecule has 0 saturated heterocycles. The van der Waals surface area contributed by atoms with Crippen molar-refractivity contribution in [3.63, 3.8) is 0 Å². The first-order valence-electron chi connectivity index (χ1n) is 6.25. The van der Waals surface area contributed by atoms with Gasteiger partial charge in [0.25, 0.3) is 0 Å². The minimum absolute atomic E-state index is 0.0293. The zero-order chi connectivity index (χ0) is 15.0. The quantitative estimate of drug-likeness (QED) is 0.702. The first kappa shape index (κ1) is 13.1. The topological polar surface area (TPSA) is 77.2 Å². The highest BCUT2D eigenvalue weighted by Gasteiger charge is 2.32. The Morgan fingerprint density at radius 3 is 2.52 bits per heavy atom. The van der Waals surface area contributed by atoms with Gasteiger partial charge in [-0.2, -0.15) is 0 Å². The second kappa shape index (κ2) is 4.89. The number of phenolic OH excluding ortho intramolecular Hbond substituents is 1. The van der Waals surface area contributed by atoms with Crippen LogP contribution in [0.4, 0.5) is 4.39 Å². The fourth-order valence-electron chi connectivity index (χ4n) is 2.43. The molecule has 0 radical (unpaired) electrons. The van der Waals surface area contributed by atoms with Crippen LogP contribution in [-0.2, 0) is 0 Å². The second-order valence-corrected chi connectivity index (χ2v) is 4.68. The van der Waals surface area contributed by atoms with E-state index in [1.54, 1.807) is 18.2 Å². The van der Waals surface area contributed by atoms with Crippen molar-refractivity contribution in [3.05, 3.63) is 65.0 Å². The van der Waals surface area contributed by atoms with Crippen LogP contribution >= 0.6 is 0 Å². The van der Waals surface area contributed by atoms with Crippen LogP contribution in [0.25, 0.3) is 0 Å². The van der Waals surface area contributed by atoms with E-state index in [0.717, 1.165) is 5.56 Å². The van der Waals surface area contributed by atoms with E-state index in [1.807, 2.05) is 0 Å². The van der Waals surface area contributed by atoms with Gasteiger partial charge in [-0.15, -0.1) is 0 Å². The van der Waals surface area contributed by atoms with Crippen LogP contribution < -0.4 is 4.74 Å². The molecule has 21 heavy (non-hydrogen) atoms. The number of ether oxygens (including phenoxy) is 1. The van der Waals surface area contributed by atoms with Crippen LogP contribution in [0, 0.1) is 16.6 Å². The molecule has 1 aliphatic rings. The summed E-state index contributed by atoms with van der Waals surface area (Å²) in [4.78, 5) is 0. The molecule has 4 nitrogen and oxygen atoms in total. The number of hydrogen-bond acceptors (Lipinski definition) is 4. The van der Waals surface area contributed by atoms with Crippen LogP contribution in [0.15, 0.2) is 48.0 Å². The van der Waals surface area contributed by atoms with E-state index in [-0.39, 0.29) is 23.0 Å². The molecule has 1 aliphatic heterocycles. The van der Waals surface area contributed by atoms with Gasteiger partial charge >= 0.3 is 0 Å². The van der Waals surface area contributed by atoms with Crippen molar-refractivity contribution in [2.75, 3.05) is 0 Å². The molecule has 104 valence electrons. The fraction of sp³-hybridized carbons (Fsp3) is 0.0625. The van der Waals surface area contributed by atoms with Gasteiger partial charge in [-0.1, -0.05) is 18.2 Å². The van der Waals surface area contributed by atoms with Crippen LogP contribution in [0.1, 0.15) is 17.0 Å². The maximum absolute atomic E-state index is 13.1. The number of benzene rings is 2. The SMILES string of the molecule is N=C=C1C(=N)Oc2cc(O)ccc2C1c1ccc(F)cc1. The molecule has 0 saturated carbocycles. The van der Waals surface area contributed by atoms with Gasteiger partial charge in [-0.25, -0.2) is 4.39 Å². The Hall–Kier alpha value is -2.91. The molecule has 1 heterocycles. The Morgan fingerprint density at radius 2 is 1.86 bits per heavy atom. The molecule has 0 fully saturated rings. The molecule has 0 spiro atoms. The smallest absolute Gasteiger partial charge is 0.225 e. The molecule has 0 bridgehead atoms. The fourth-order valence-corrected chi connectivity index (χ4v) is 2.43. The average Bonchev–Trinajstić information content (AvgIpc) is 2.46. The summed E-state index contributed by atoms with van der Waals surface area (Å²) in [5, 5.41) is 24.8. The maximum atomic E-state index is 13.1. The highest BCUT2D eigenvalue weighted by molar-refractivity contribution is 6.04. The van der Waals surface area contributed by atoms with E-state index < -0.39 is 5.92 Å². The Balaban J connectivity index is 2.22. The van der Waals surface area contributed by atoms with Gasteiger partial charge in [0.15, 0.2) is 0 Å². The van der Waals surface area contributed by atoms with Crippen molar-refractivity contribution in [1.82, 2.24) is 0 Å². The van der Waals surface area contributed by atoms with Gasteiger partial charge in [0.1, 0.15) is 17.3 Å². The van der Waals surface area contributed by atoms with Crippen molar-refractivity contribution in [3.8, 4) is 11.5 Å². The highest BCUT2D eigenvalue weighted by atomic mass is 19.1. The summed E-state index contributed by atoms with van der Waals surface area (Å²) >= 11 is 0. The molecule has 5 heteroatoms. The van der Waals surface area contributed by atoms with Crippen LogP contribution in [-0.4, -0.2) is 16.9 Å². The van der Waals surface area contributed by atoms with E-state index in [1.165, 1.54) is 24.3 Å². The Kier molecular flexibility index (Phi) is 3.05. The summed E-state index contributed by atoms with van der Waals surface area (Å²) < 4.78 is 18.4. The number of hydrogen-bond donors (Lipinski definition) is 3. The third kappa shape index (κ3) is 2.20. The van der Waals surface area contributed by atoms with E-state index >= 15 is 0 Å². The van der Waals surface area contributed by atoms with E-state index in [2.05, 4.69) is 5.87 Å². The molecule has 3 N–H and O–H groups in total. The molecule has 0 aromatic heterocycles. The molecule has 0 amide bonds. The Bertz CT molecular complexity index is 777. The summed E-state index contributed by atoms with van der Waals surface area (Å²) in [7, 11) is 0. The number of halogens is 1. The Labute approximate surface area is 120 Å². The summed E-state index contributed by atoms with van der Waals surface area (Å²) in [6.45, 7) is 0. The normalized spacial score (nSPS) is 16.9. The molecule has 1 atom stereocenters. The lowest BCUT2D eigenvalue weighted by atomic mass is 9.83. The summed E-state index contributed by atoms with van der Waals surface area (Å²) in [6, 6.07) is 10.5. The summed E-state index contributed by atoms with van der Waals surface area (Å²) in [5.74, 6) is 1.62. The number of aromatic hydroxyl groups is 1. The first-order valence-corrected chi connectivity index (χ1v) is 6.25. The third-order valence-corrected chi connectivity index (χ3v) is 3.39. The third-order valence-electron chi connectivity index (χ3n) is 3.39. The molecule has 3 rings (SSSR count). The lowest BCUT2D eigenvalue weighted by Crippen LogP contribution is -2.24. The maximum Gasteiger partial charge on any atom is 0.225 e. The van der Waals surface area contributed by atoms with Crippen molar-refractivity contribution in [2.24, 2.45) is 0 Å². The lowest BCUT2D eigenvalue weighted by molar-refractivity contribution is 0.463. The summed E-state index contributed by atoms with van der Waals surface area (Å²) in [6.07, 6.45) is 0.